The van der Waals surface area contributed by atoms with E-state index in [1.807, 2.05) is 30.5 Å². The lowest BCUT2D eigenvalue weighted by Crippen LogP contribution is -2.18. The molecule has 1 heterocycles. The van der Waals surface area contributed by atoms with Gasteiger partial charge in [0.1, 0.15) is 0 Å². The van der Waals surface area contributed by atoms with Crippen LogP contribution >= 0.6 is 0 Å². The molecule has 0 aromatic rings. The van der Waals surface area contributed by atoms with Gasteiger partial charge in [-0.2, -0.15) is 0 Å². The van der Waals surface area contributed by atoms with E-state index in [-0.39, 0.29) is 0 Å². The Kier molecular flexibility index (Phi) is 1.10. The third-order valence-electron chi connectivity index (χ3n) is 1.51. The zero-order valence-corrected chi connectivity index (χ0v) is 5.46. The van der Waals surface area contributed by atoms with Gasteiger partial charge < -0.3 is 10.9 Å². The van der Waals surface area contributed by atoms with Crippen LogP contribution in [0.2, 0.25) is 0 Å². The molecule has 0 unspecified atom stereocenters. The minimum atomic E-state index is 1.13. The number of rotatable bonds is 0. The van der Waals surface area contributed by atoms with Crippen LogP contribution in [0.4, 0.5) is 0 Å². The van der Waals surface area contributed by atoms with Gasteiger partial charge >= 0.3 is 0 Å². The quantitative estimate of drug-likeness (QED) is 0.513. The minimum Gasteiger partial charge on any atom is -0.307 e. The molecule has 0 spiro atoms. The lowest BCUT2D eigenvalue weighted by atomic mass is 10.2. The number of nitrogens with one attached hydrogen (secondary N) is 2. The normalized spacial score (nSPS) is 20.0. The highest BCUT2D eigenvalue weighted by molar-refractivity contribution is 5.45. The van der Waals surface area contributed by atoms with Gasteiger partial charge in [0.25, 0.3) is 0 Å². The number of hydrazine groups is 1. The predicted octanol–water partition coefficient (Wildman–Crippen LogP) is 0.988. The van der Waals surface area contributed by atoms with E-state index in [9.17, 15) is 0 Å². The van der Waals surface area contributed by atoms with Crippen molar-refractivity contribution in [2.75, 3.05) is 0 Å². The molecule has 0 saturated carbocycles. The smallest absolute Gasteiger partial charge is 0.0627 e. The van der Waals surface area contributed by atoms with Crippen LogP contribution in [0, 0.1) is 0 Å². The van der Waals surface area contributed by atoms with E-state index in [4.69, 9.17) is 0 Å². The van der Waals surface area contributed by atoms with Crippen LogP contribution in [0.15, 0.2) is 47.9 Å². The van der Waals surface area contributed by atoms with Crippen LogP contribution < -0.4 is 10.9 Å². The summed E-state index contributed by atoms with van der Waals surface area (Å²) >= 11 is 0. The van der Waals surface area contributed by atoms with Crippen LogP contribution in [0.25, 0.3) is 0 Å². The summed E-state index contributed by atoms with van der Waals surface area (Å²) in [5, 5.41) is 0. The van der Waals surface area contributed by atoms with Crippen LogP contribution in [-0.4, -0.2) is 0 Å². The molecule has 0 atom stereocenters. The van der Waals surface area contributed by atoms with Gasteiger partial charge in [-0.05, 0) is 6.08 Å². The average molecular weight is 132 g/mol. The van der Waals surface area contributed by atoms with E-state index >= 15 is 0 Å². The molecule has 0 radical (unpaired) electrons. The lowest BCUT2D eigenvalue weighted by Gasteiger charge is -1.97. The highest BCUT2D eigenvalue weighted by Gasteiger charge is 2.06. The van der Waals surface area contributed by atoms with E-state index in [2.05, 4.69) is 16.9 Å². The minimum absolute atomic E-state index is 1.13. The van der Waals surface area contributed by atoms with E-state index in [1.165, 1.54) is 5.57 Å². The van der Waals surface area contributed by atoms with Crippen molar-refractivity contribution in [2.45, 2.75) is 0 Å². The molecule has 1 aliphatic carbocycles. The molecule has 50 valence electrons. The summed E-state index contributed by atoms with van der Waals surface area (Å²) < 4.78 is 0. The molecule has 0 bridgehead atoms. The SMILES string of the molecule is C1=CC=C2NNC=C2C=C1. The number of hydrogen-bond donors (Lipinski definition) is 2. The van der Waals surface area contributed by atoms with Gasteiger partial charge in [0.2, 0.25) is 0 Å². The Balaban J connectivity index is 2.42. The second-order valence-electron chi connectivity index (χ2n) is 2.19. The molecule has 0 aromatic heterocycles. The number of fused-ring (bicyclic) bond motifs is 1. The van der Waals surface area contributed by atoms with E-state index in [0.717, 1.165) is 5.70 Å². The van der Waals surface area contributed by atoms with Gasteiger partial charge in [-0.15, -0.1) is 0 Å². The van der Waals surface area contributed by atoms with Crippen LogP contribution in [0.5, 0.6) is 0 Å². The highest BCUT2D eigenvalue weighted by Crippen LogP contribution is 2.13. The number of allylic oxidation sites excluding steroid dienone is 5. The second-order valence-corrected chi connectivity index (χ2v) is 2.19. The van der Waals surface area contributed by atoms with E-state index in [1.54, 1.807) is 0 Å². The largest absolute Gasteiger partial charge is 0.307 e. The summed E-state index contributed by atoms with van der Waals surface area (Å²) in [4.78, 5) is 0. The van der Waals surface area contributed by atoms with Gasteiger partial charge in [0, 0.05) is 11.8 Å². The fraction of sp³-hybridized carbons (Fsp3) is 0. The Morgan fingerprint density at radius 3 is 3.10 bits per heavy atom. The van der Waals surface area contributed by atoms with Crippen molar-refractivity contribution in [2.24, 2.45) is 0 Å². The summed E-state index contributed by atoms with van der Waals surface area (Å²) in [5.74, 6) is 0. The maximum Gasteiger partial charge on any atom is 0.0627 e. The standard InChI is InChI=1S/C8H8N2/c1-2-4-7-6-9-10-8(7)5-3-1/h1-6,9-10H. The molecular formula is C8H8N2. The van der Waals surface area contributed by atoms with Crippen molar-refractivity contribution >= 4 is 0 Å². The first-order valence-corrected chi connectivity index (χ1v) is 3.24. The summed E-state index contributed by atoms with van der Waals surface area (Å²) in [6.07, 6.45) is 12.1. The molecule has 2 heteroatoms. The summed E-state index contributed by atoms with van der Waals surface area (Å²) in [5.41, 5.74) is 8.27. The zero-order chi connectivity index (χ0) is 6.81. The average Bonchev–Trinajstić information content (AvgIpc) is 2.28. The topological polar surface area (TPSA) is 24.1 Å². The van der Waals surface area contributed by atoms with Gasteiger partial charge in [0.05, 0.1) is 5.70 Å². The van der Waals surface area contributed by atoms with Gasteiger partial charge in [0.15, 0.2) is 0 Å². The molecule has 2 nitrogen and oxygen atoms in total. The Labute approximate surface area is 59.6 Å². The monoisotopic (exact) mass is 132 g/mol. The first-order chi connectivity index (χ1) is 4.97. The molecule has 0 saturated heterocycles. The van der Waals surface area contributed by atoms with Gasteiger partial charge in [-0.3, -0.25) is 0 Å². The molecular weight excluding hydrogens is 124 g/mol. The Morgan fingerprint density at radius 1 is 1.10 bits per heavy atom. The molecule has 0 aromatic carbocycles. The van der Waals surface area contributed by atoms with E-state index in [0.29, 0.717) is 0 Å². The summed E-state index contributed by atoms with van der Waals surface area (Å²) in [7, 11) is 0. The summed E-state index contributed by atoms with van der Waals surface area (Å²) in [6.45, 7) is 0. The first kappa shape index (κ1) is 5.35. The molecule has 2 aliphatic rings. The lowest BCUT2D eigenvalue weighted by molar-refractivity contribution is 0.785. The third-order valence-corrected chi connectivity index (χ3v) is 1.51. The molecule has 2 N–H and O–H groups in total. The van der Waals surface area contributed by atoms with Crippen molar-refractivity contribution in [3.63, 3.8) is 0 Å². The molecule has 10 heavy (non-hydrogen) atoms. The molecule has 0 fully saturated rings. The highest BCUT2D eigenvalue weighted by atomic mass is 15.4. The second kappa shape index (κ2) is 2.06. The van der Waals surface area contributed by atoms with Gasteiger partial charge in [-0.25, -0.2) is 0 Å². The molecule has 1 aliphatic heterocycles. The van der Waals surface area contributed by atoms with Crippen molar-refractivity contribution in [1.82, 2.24) is 10.9 Å². The van der Waals surface area contributed by atoms with Crippen molar-refractivity contribution in [1.29, 1.82) is 0 Å². The van der Waals surface area contributed by atoms with Crippen LogP contribution in [0.3, 0.4) is 0 Å². The molecule has 2 rings (SSSR count). The number of hydrogen-bond acceptors (Lipinski definition) is 2. The Morgan fingerprint density at radius 2 is 2.10 bits per heavy atom. The predicted molar refractivity (Wildman–Crippen MR) is 40.7 cm³/mol. The first-order valence-electron chi connectivity index (χ1n) is 3.24. The maximum absolute atomic E-state index is 3.01. The maximum atomic E-state index is 3.01. The van der Waals surface area contributed by atoms with Crippen LogP contribution in [0.1, 0.15) is 0 Å². The van der Waals surface area contributed by atoms with Crippen LogP contribution in [-0.2, 0) is 0 Å². The van der Waals surface area contributed by atoms with Gasteiger partial charge in [-0.1, -0.05) is 24.3 Å². The zero-order valence-electron chi connectivity index (χ0n) is 5.46. The molecule has 0 amide bonds. The Bertz CT molecular complexity index is 256. The van der Waals surface area contributed by atoms with Crippen molar-refractivity contribution in [3.8, 4) is 0 Å². The fourth-order valence-electron chi connectivity index (χ4n) is 0.992. The fourth-order valence-corrected chi connectivity index (χ4v) is 0.992. The Hall–Kier alpha value is -1.44. The van der Waals surface area contributed by atoms with Crippen molar-refractivity contribution < 1.29 is 0 Å². The van der Waals surface area contributed by atoms with E-state index < -0.39 is 0 Å². The third kappa shape index (κ3) is 0.739. The van der Waals surface area contributed by atoms with Crippen molar-refractivity contribution in [3.05, 3.63) is 47.9 Å². The summed E-state index contributed by atoms with van der Waals surface area (Å²) in [6, 6.07) is 0.